The van der Waals surface area contributed by atoms with E-state index in [4.69, 9.17) is 4.42 Å². The Bertz CT molecular complexity index is 240. The molecule has 2 rings (SSSR count). The predicted molar refractivity (Wildman–Crippen MR) is 34.7 cm³/mol. The van der Waals surface area contributed by atoms with Crippen molar-refractivity contribution in [2.75, 3.05) is 0 Å². The summed E-state index contributed by atoms with van der Waals surface area (Å²) in [5.74, 6) is 1.36. The Morgan fingerprint density at radius 1 is 1.50 bits per heavy atom. The van der Waals surface area contributed by atoms with Crippen molar-refractivity contribution in [1.82, 2.24) is 16.5 Å². The van der Waals surface area contributed by atoms with Crippen LogP contribution in [0.3, 0.4) is 0 Å². The maximum Gasteiger partial charge on any atom is 0.206 e. The molecule has 5 nitrogen and oxygen atoms in total. The lowest BCUT2D eigenvalue weighted by Gasteiger charge is -1.92. The van der Waals surface area contributed by atoms with Gasteiger partial charge >= 0.3 is 0 Å². The Hall–Kier alpha value is -1.49. The number of hydrazone groups is 1. The number of nitrogens with zero attached hydrogens (tertiary/aromatic N) is 1. The summed E-state index contributed by atoms with van der Waals surface area (Å²) in [7, 11) is 0. The van der Waals surface area contributed by atoms with E-state index in [0.29, 0.717) is 11.6 Å². The second-order valence-corrected chi connectivity index (χ2v) is 1.80. The topological polar surface area (TPSA) is 61.6 Å². The molecule has 1 aliphatic rings. The summed E-state index contributed by atoms with van der Waals surface area (Å²) >= 11 is 0. The molecular formula is C5H6N4O. The van der Waals surface area contributed by atoms with Crippen LogP contribution in [0, 0.1) is 0 Å². The average molecular weight is 138 g/mol. The monoisotopic (exact) mass is 138 g/mol. The number of furan rings is 1. The van der Waals surface area contributed by atoms with Gasteiger partial charge in [-0.25, -0.2) is 5.53 Å². The smallest absolute Gasteiger partial charge is 0.206 e. The number of hydrazine groups is 2. The quantitative estimate of drug-likeness (QED) is 0.492. The number of nitrogens with one attached hydrogen (secondary N) is 3. The van der Waals surface area contributed by atoms with E-state index in [2.05, 4.69) is 21.6 Å². The number of hydrogen-bond acceptors (Lipinski definition) is 5. The molecule has 5 heteroatoms. The van der Waals surface area contributed by atoms with Crippen LogP contribution < -0.4 is 16.5 Å². The van der Waals surface area contributed by atoms with Gasteiger partial charge in [0.05, 0.1) is 6.26 Å². The molecule has 0 radical (unpaired) electrons. The van der Waals surface area contributed by atoms with Crippen molar-refractivity contribution in [3.8, 4) is 0 Å². The van der Waals surface area contributed by atoms with E-state index in [0.717, 1.165) is 0 Å². The van der Waals surface area contributed by atoms with E-state index in [9.17, 15) is 0 Å². The molecule has 3 N–H and O–H groups in total. The molecule has 0 spiro atoms. The highest BCUT2D eigenvalue weighted by molar-refractivity contribution is 5.96. The highest BCUT2D eigenvalue weighted by Crippen LogP contribution is 2.00. The van der Waals surface area contributed by atoms with E-state index >= 15 is 0 Å². The predicted octanol–water partition coefficient (Wildman–Crippen LogP) is -0.446. The van der Waals surface area contributed by atoms with Crippen LogP contribution in [-0.2, 0) is 0 Å². The van der Waals surface area contributed by atoms with Crippen molar-refractivity contribution in [2.45, 2.75) is 0 Å². The lowest BCUT2D eigenvalue weighted by molar-refractivity contribution is 0.548. The zero-order chi connectivity index (χ0) is 6.81. The van der Waals surface area contributed by atoms with Gasteiger partial charge in [0.1, 0.15) is 0 Å². The van der Waals surface area contributed by atoms with Crippen LogP contribution in [0.5, 0.6) is 0 Å². The molecule has 0 aromatic carbocycles. The van der Waals surface area contributed by atoms with Gasteiger partial charge in [0.15, 0.2) is 5.76 Å². The summed E-state index contributed by atoms with van der Waals surface area (Å²) in [6, 6.07) is 3.62. The third kappa shape index (κ3) is 0.725. The highest BCUT2D eigenvalue weighted by atomic mass is 16.3. The summed E-state index contributed by atoms with van der Waals surface area (Å²) in [5.41, 5.74) is 7.88. The van der Waals surface area contributed by atoms with Crippen LogP contribution in [0.1, 0.15) is 5.76 Å². The molecule has 0 bridgehead atoms. The molecule has 1 aliphatic heterocycles. The van der Waals surface area contributed by atoms with Gasteiger partial charge in [-0.05, 0) is 12.1 Å². The van der Waals surface area contributed by atoms with Gasteiger partial charge in [-0.1, -0.05) is 0 Å². The Balaban J connectivity index is 2.28. The lowest BCUT2D eigenvalue weighted by Crippen LogP contribution is -2.35. The van der Waals surface area contributed by atoms with Crippen LogP contribution in [0.25, 0.3) is 0 Å². The van der Waals surface area contributed by atoms with Crippen LogP contribution in [-0.4, -0.2) is 5.84 Å². The molecule has 0 atom stereocenters. The Morgan fingerprint density at radius 2 is 2.50 bits per heavy atom. The van der Waals surface area contributed by atoms with Crippen LogP contribution in [0.4, 0.5) is 0 Å². The van der Waals surface area contributed by atoms with Gasteiger partial charge in [0, 0.05) is 0 Å². The maximum absolute atomic E-state index is 5.04. The third-order valence-electron chi connectivity index (χ3n) is 1.16. The zero-order valence-corrected chi connectivity index (χ0v) is 5.09. The molecule has 0 saturated carbocycles. The fourth-order valence-electron chi connectivity index (χ4n) is 0.729. The van der Waals surface area contributed by atoms with Crippen molar-refractivity contribution in [2.24, 2.45) is 5.10 Å². The number of amidine groups is 1. The van der Waals surface area contributed by atoms with Gasteiger partial charge in [0.25, 0.3) is 0 Å². The maximum atomic E-state index is 5.04. The highest BCUT2D eigenvalue weighted by Gasteiger charge is 2.08. The van der Waals surface area contributed by atoms with E-state index in [-0.39, 0.29) is 0 Å². The standard InChI is InChI=1S/C5H6N4O/c1-2-4(10-3-1)5-6-8-9-7-5/h1-3,8-9H,(H,6,7). The lowest BCUT2D eigenvalue weighted by atomic mass is 10.4. The van der Waals surface area contributed by atoms with Crippen LogP contribution in [0.2, 0.25) is 0 Å². The van der Waals surface area contributed by atoms with Crippen molar-refractivity contribution in [1.29, 1.82) is 0 Å². The van der Waals surface area contributed by atoms with Gasteiger partial charge in [0.2, 0.25) is 5.84 Å². The minimum absolute atomic E-state index is 0.657. The summed E-state index contributed by atoms with van der Waals surface area (Å²) in [5, 5.41) is 3.83. The Morgan fingerprint density at radius 3 is 3.10 bits per heavy atom. The first-order valence-corrected chi connectivity index (χ1v) is 2.84. The van der Waals surface area contributed by atoms with Gasteiger partial charge in [-0.2, -0.15) is 0 Å². The molecule has 0 saturated heterocycles. The summed E-state index contributed by atoms with van der Waals surface area (Å²) in [4.78, 5) is 0. The van der Waals surface area contributed by atoms with E-state index in [1.54, 1.807) is 12.3 Å². The van der Waals surface area contributed by atoms with Gasteiger partial charge in [-0.3, -0.25) is 5.43 Å². The first-order valence-electron chi connectivity index (χ1n) is 2.84. The molecule has 10 heavy (non-hydrogen) atoms. The molecule has 0 aliphatic carbocycles. The van der Waals surface area contributed by atoms with Crippen molar-refractivity contribution >= 4 is 5.84 Å². The summed E-state index contributed by atoms with van der Waals surface area (Å²) < 4.78 is 5.04. The summed E-state index contributed by atoms with van der Waals surface area (Å²) in [6.45, 7) is 0. The van der Waals surface area contributed by atoms with E-state index in [1.165, 1.54) is 0 Å². The minimum Gasteiger partial charge on any atom is -0.461 e. The molecule has 2 heterocycles. The second kappa shape index (κ2) is 2.03. The Labute approximate surface area is 57.0 Å². The zero-order valence-electron chi connectivity index (χ0n) is 5.09. The van der Waals surface area contributed by atoms with E-state index in [1.807, 2.05) is 6.07 Å². The van der Waals surface area contributed by atoms with Gasteiger partial charge in [-0.15, -0.1) is 10.6 Å². The van der Waals surface area contributed by atoms with E-state index < -0.39 is 0 Å². The molecule has 0 amide bonds. The molecule has 1 aromatic heterocycles. The fraction of sp³-hybridized carbons (Fsp3) is 0. The largest absolute Gasteiger partial charge is 0.461 e. The SMILES string of the molecule is c1coc(C2=NNNN2)c1. The summed E-state index contributed by atoms with van der Waals surface area (Å²) in [6.07, 6.45) is 1.60. The second-order valence-electron chi connectivity index (χ2n) is 1.80. The van der Waals surface area contributed by atoms with Gasteiger partial charge < -0.3 is 4.42 Å². The first-order chi connectivity index (χ1) is 4.97. The minimum atomic E-state index is 0.657. The number of rotatable bonds is 1. The molecule has 0 unspecified atom stereocenters. The Kier molecular flexibility index (Phi) is 1.08. The fourth-order valence-corrected chi connectivity index (χ4v) is 0.729. The van der Waals surface area contributed by atoms with Crippen molar-refractivity contribution < 1.29 is 4.42 Å². The molecule has 52 valence electrons. The average Bonchev–Trinajstić information content (AvgIpc) is 2.59. The number of hydrogen-bond donors (Lipinski definition) is 3. The van der Waals surface area contributed by atoms with Crippen LogP contribution >= 0.6 is 0 Å². The molecule has 0 fully saturated rings. The third-order valence-corrected chi connectivity index (χ3v) is 1.16. The van der Waals surface area contributed by atoms with Crippen molar-refractivity contribution in [3.63, 3.8) is 0 Å². The normalized spacial score (nSPS) is 15.8. The van der Waals surface area contributed by atoms with Crippen molar-refractivity contribution in [3.05, 3.63) is 24.2 Å². The van der Waals surface area contributed by atoms with Crippen LogP contribution in [0.15, 0.2) is 27.9 Å². The first kappa shape index (κ1) is 5.31. The molecule has 1 aromatic rings. The molecular weight excluding hydrogens is 132 g/mol.